The van der Waals surface area contributed by atoms with Crippen molar-refractivity contribution in [3.05, 3.63) is 74.7 Å². The highest BCUT2D eigenvalue weighted by atomic mass is 79.9. The maximum atomic E-state index is 11.2. The van der Waals surface area contributed by atoms with E-state index in [0.717, 1.165) is 10.0 Å². The summed E-state index contributed by atoms with van der Waals surface area (Å²) in [6.45, 7) is 1.98. The molecule has 4 aromatic rings. The van der Waals surface area contributed by atoms with E-state index in [9.17, 15) is 15.2 Å². The maximum Gasteiger partial charge on any atom is 0.274 e. The van der Waals surface area contributed by atoms with Crippen LogP contribution in [0.25, 0.3) is 22.6 Å². The molecule has 0 bridgehead atoms. The molecule has 1 N–H and O–H groups in total. The average Bonchev–Trinajstić information content (AvgIpc) is 3.18. The monoisotopic (exact) mass is 481 g/mol. The molecule has 0 fully saturated rings. The first-order valence-electron chi connectivity index (χ1n) is 9.29. The SMILES string of the molecule is CCOc1cc([N+](=O)[O-])cc(C=Nc2ccc3oc(-c4cccc(Br)c4)nc3c2)c1O. The molecule has 4 rings (SSSR count). The molecular weight excluding hydrogens is 466 g/mol. The van der Waals surface area contributed by atoms with Gasteiger partial charge in [0.25, 0.3) is 5.69 Å². The van der Waals surface area contributed by atoms with Crippen LogP contribution in [0.3, 0.4) is 0 Å². The topological polar surface area (TPSA) is 111 Å². The number of phenolic OH excluding ortho intramolecular Hbond substituents is 1. The fourth-order valence-electron chi connectivity index (χ4n) is 2.97. The van der Waals surface area contributed by atoms with Gasteiger partial charge in [0.1, 0.15) is 5.52 Å². The van der Waals surface area contributed by atoms with Gasteiger partial charge in [-0.1, -0.05) is 22.0 Å². The zero-order chi connectivity index (χ0) is 22.0. The second-order valence-electron chi connectivity index (χ2n) is 6.51. The molecule has 0 aliphatic heterocycles. The number of rotatable bonds is 6. The number of aliphatic imine (C=N–C) groups is 1. The van der Waals surface area contributed by atoms with Gasteiger partial charge in [-0.05, 0) is 43.3 Å². The van der Waals surface area contributed by atoms with Crippen LogP contribution in [0.5, 0.6) is 11.5 Å². The Kier molecular flexibility index (Phi) is 5.68. The van der Waals surface area contributed by atoms with E-state index in [4.69, 9.17) is 9.15 Å². The van der Waals surface area contributed by atoms with Crippen molar-refractivity contribution < 1.29 is 19.2 Å². The van der Waals surface area contributed by atoms with Gasteiger partial charge in [-0.2, -0.15) is 0 Å². The average molecular weight is 482 g/mol. The lowest BCUT2D eigenvalue weighted by Gasteiger charge is -2.07. The molecule has 0 spiro atoms. The molecule has 0 unspecified atom stereocenters. The molecule has 0 aliphatic carbocycles. The van der Waals surface area contributed by atoms with Gasteiger partial charge in [-0.15, -0.1) is 0 Å². The number of phenols is 1. The first kappa shape index (κ1) is 20.5. The molecule has 9 heteroatoms. The van der Waals surface area contributed by atoms with Crippen LogP contribution in [-0.4, -0.2) is 27.8 Å². The number of aromatic hydroxyl groups is 1. The van der Waals surface area contributed by atoms with Gasteiger partial charge < -0.3 is 14.3 Å². The van der Waals surface area contributed by atoms with E-state index in [1.807, 2.05) is 24.3 Å². The molecule has 1 heterocycles. The molecule has 0 aliphatic rings. The number of hydrogen-bond donors (Lipinski definition) is 1. The smallest absolute Gasteiger partial charge is 0.274 e. The molecule has 0 saturated carbocycles. The van der Waals surface area contributed by atoms with Gasteiger partial charge in [0.15, 0.2) is 17.1 Å². The lowest BCUT2D eigenvalue weighted by molar-refractivity contribution is -0.385. The Bertz CT molecular complexity index is 1320. The van der Waals surface area contributed by atoms with E-state index in [2.05, 4.69) is 25.9 Å². The lowest BCUT2D eigenvalue weighted by Crippen LogP contribution is -1.97. The van der Waals surface area contributed by atoms with Crippen molar-refractivity contribution in [2.45, 2.75) is 6.92 Å². The Labute approximate surface area is 185 Å². The van der Waals surface area contributed by atoms with Gasteiger partial charge in [0.05, 0.1) is 23.3 Å². The van der Waals surface area contributed by atoms with Crippen molar-refractivity contribution in [2.75, 3.05) is 6.61 Å². The maximum absolute atomic E-state index is 11.2. The summed E-state index contributed by atoms with van der Waals surface area (Å²) >= 11 is 3.43. The highest BCUT2D eigenvalue weighted by Gasteiger charge is 2.16. The number of non-ortho nitro benzene ring substituents is 1. The number of fused-ring (bicyclic) bond motifs is 1. The van der Waals surface area contributed by atoms with E-state index in [-0.39, 0.29) is 29.4 Å². The molecule has 8 nitrogen and oxygen atoms in total. The minimum Gasteiger partial charge on any atom is -0.504 e. The second-order valence-corrected chi connectivity index (χ2v) is 7.43. The van der Waals surface area contributed by atoms with Gasteiger partial charge in [-0.25, -0.2) is 4.98 Å². The molecule has 0 saturated heterocycles. The number of oxazole rings is 1. The van der Waals surface area contributed by atoms with Crippen LogP contribution in [0.2, 0.25) is 0 Å². The third-order valence-corrected chi connectivity index (χ3v) is 4.89. The fourth-order valence-corrected chi connectivity index (χ4v) is 3.37. The molecular formula is C22H16BrN3O5. The zero-order valence-electron chi connectivity index (χ0n) is 16.3. The van der Waals surface area contributed by atoms with Crippen LogP contribution >= 0.6 is 15.9 Å². The van der Waals surface area contributed by atoms with E-state index in [0.29, 0.717) is 22.7 Å². The van der Waals surface area contributed by atoms with Gasteiger partial charge in [-0.3, -0.25) is 15.1 Å². The number of benzene rings is 3. The highest BCUT2D eigenvalue weighted by Crippen LogP contribution is 2.34. The van der Waals surface area contributed by atoms with Gasteiger partial charge in [0, 0.05) is 27.9 Å². The summed E-state index contributed by atoms with van der Waals surface area (Å²) < 4.78 is 12.0. The summed E-state index contributed by atoms with van der Waals surface area (Å²) in [5, 5.41) is 21.5. The largest absolute Gasteiger partial charge is 0.504 e. The summed E-state index contributed by atoms with van der Waals surface area (Å²) in [6.07, 6.45) is 1.35. The third kappa shape index (κ3) is 4.41. The zero-order valence-corrected chi connectivity index (χ0v) is 17.9. The number of nitro benzene ring substituents is 1. The molecule has 1 aromatic heterocycles. The summed E-state index contributed by atoms with van der Waals surface area (Å²) in [4.78, 5) is 19.5. The first-order valence-corrected chi connectivity index (χ1v) is 10.1. The van der Waals surface area contributed by atoms with Crippen molar-refractivity contribution in [2.24, 2.45) is 4.99 Å². The van der Waals surface area contributed by atoms with Crippen LogP contribution in [0.15, 0.2) is 68.5 Å². The van der Waals surface area contributed by atoms with E-state index < -0.39 is 4.92 Å². The quantitative estimate of drug-likeness (QED) is 0.204. The van der Waals surface area contributed by atoms with Crippen molar-refractivity contribution in [1.29, 1.82) is 0 Å². The number of hydrogen-bond acceptors (Lipinski definition) is 7. The van der Waals surface area contributed by atoms with Crippen molar-refractivity contribution in [3.8, 4) is 23.0 Å². The van der Waals surface area contributed by atoms with E-state index in [1.165, 1.54) is 18.3 Å². The Morgan fingerprint density at radius 1 is 1.26 bits per heavy atom. The van der Waals surface area contributed by atoms with Crippen LogP contribution < -0.4 is 4.74 Å². The molecule has 3 aromatic carbocycles. The molecule has 31 heavy (non-hydrogen) atoms. The summed E-state index contributed by atoms with van der Waals surface area (Å²) in [5.41, 5.74) is 2.57. The van der Waals surface area contributed by atoms with Crippen LogP contribution in [-0.2, 0) is 0 Å². The van der Waals surface area contributed by atoms with Gasteiger partial charge in [0.2, 0.25) is 5.89 Å². The second kappa shape index (κ2) is 8.57. The standard InChI is InChI=1S/C22H16BrN3O5/c1-2-30-20-11-17(26(28)29)9-14(21(20)27)12-24-16-6-7-19-18(10-16)25-22(31-19)13-4-3-5-15(23)8-13/h3-12,27H,2H2,1H3. The molecule has 0 atom stereocenters. The molecule has 156 valence electrons. The first-order chi connectivity index (χ1) is 14.9. The van der Waals surface area contributed by atoms with Crippen molar-refractivity contribution in [1.82, 2.24) is 4.98 Å². The van der Waals surface area contributed by atoms with Crippen molar-refractivity contribution in [3.63, 3.8) is 0 Å². The lowest BCUT2D eigenvalue weighted by atomic mass is 10.1. The number of nitro groups is 1. The fraction of sp³-hybridized carbons (Fsp3) is 0.0909. The van der Waals surface area contributed by atoms with Crippen molar-refractivity contribution >= 4 is 44.6 Å². The Morgan fingerprint density at radius 2 is 2.10 bits per heavy atom. The minimum atomic E-state index is -0.551. The number of halogens is 1. The van der Waals surface area contributed by atoms with Gasteiger partial charge >= 0.3 is 0 Å². The molecule has 0 radical (unpaired) electrons. The summed E-state index contributed by atoms with van der Waals surface area (Å²) in [5.74, 6) is 0.300. The predicted octanol–water partition coefficient (Wildman–Crippen LogP) is 6.02. The summed E-state index contributed by atoms with van der Waals surface area (Å²) in [7, 11) is 0. The third-order valence-electron chi connectivity index (χ3n) is 4.40. The van der Waals surface area contributed by atoms with E-state index in [1.54, 1.807) is 25.1 Å². The Morgan fingerprint density at radius 3 is 2.84 bits per heavy atom. The summed E-state index contributed by atoms with van der Waals surface area (Å²) in [6, 6.07) is 15.2. The Balaban J connectivity index is 1.68. The van der Waals surface area contributed by atoms with E-state index >= 15 is 0 Å². The van der Waals surface area contributed by atoms with Crippen LogP contribution in [0.4, 0.5) is 11.4 Å². The normalized spacial score (nSPS) is 11.3. The number of nitrogens with zero attached hydrogens (tertiary/aromatic N) is 3. The Hall–Kier alpha value is -3.72. The number of aromatic nitrogens is 1. The number of ether oxygens (including phenoxy) is 1. The predicted molar refractivity (Wildman–Crippen MR) is 120 cm³/mol. The van der Waals surface area contributed by atoms with Crippen LogP contribution in [0.1, 0.15) is 12.5 Å². The minimum absolute atomic E-state index is 0.0313. The molecule has 0 amide bonds. The highest BCUT2D eigenvalue weighted by molar-refractivity contribution is 9.10. The van der Waals surface area contributed by atoms with Crippen LogP contribution in [0, 0.1) is 10.1 Å².